The Morgan fingerprint density at radius 1 is 1.31 bits per heavy atom. The van der Waals surface area contributed by atoms with E-state index in [9.17, 15) is 5.11 Å². The Morgan fingerprint density at radius 2 is 1.92 bits per heavy atom. The predicted molar refractivity (Wildman–Crippen MR) is 50.5 cm³/mol. The van der Waals surface area contributed by atoms with Crippen molar-refractivity contribution in [1.29, 1.82) is 0 Å². The molecule has 0 radical (unpaired) electrons. The molecule has 2 nitrogen and oxygen atoms in total. The van der Waals surface area contributed by atoms with Gasteiger partial charge in [-0.1, -0.05) is 31.2 Å². The molecule has 0 saturated carbocycles. The SMILES string of the molecule is CCc1ccc(C2(O)COC2)cc1. The van der Waals surface area contributed by atoms with Crippen molar-refractivity contribution in [3.8, 4) is 0 Å². The normalized spacial score (nSPS) is 19.5. The van der Waals surface area contributed by atoms with Crippen LogP contribution in [0.2, 0.25) is 0 Å². The molecule has 0 unspecified atom stereocenters. The predicted octanol–water partition coefficient (Wildman–Crippen LogP) is 1.47. The lowest BCUT2D eigenvalue weighted by atomic mass is 9.91. The van der Waals surface area contributed by atoms with Gasteiger partial charge in [0.1, 0.15) is 5.60 Å². The van der Waals surface area contributed by atoms with Crippen LogP contribution in [0.15, 0.2) is 24.3 Å². The number of ether oxygens (including phenoxy) is 1. The molecule has 0 bridgehead atoms. The van der Waals surface area contributed by atoms with Gasteiger partial charge < -0.3 is 9.84 Å². The summed E-state index contributed by atoms with van der Waals surface area (Å²) >= 11 is 0. The Labute approximate surface area is 78.2 Å². The Hall–Kier alpha value is -0.860. The van der Waals surface area contributed by atoms with Crippen molar-refractivity contribution in [3.63, 3.8) is 0 Å². The Kier molecular flexibility index (Phi) is 2.10. The average molecular weight is 178 g/mol. The Balaban J connectivity index is 2.22. The maximum absolute atomic E-state index is 9.92. The number of aliphatic hydroxyl groups is 1. The lowest BCUT2D eigenvalue weighted by Gasteiger charge is -2.36. The quantitative estimate of drug-likeness (QED) is 0.743. The van der Waals surface area contributed by atoms with Crippen molar-refractivity contribution in [3.05, 3.63) is 35.4 Å². The van der Waals surface area contributed by atoms with E-state index in [1.807, 2.05) is 12.1 Å². The molecule has 1 N–H and O–H groups in total. The summed E-state index contributed by atoms with van der Waals surface area (Å²) in [5, 5.41) is 9.92. The van der Waals surface area contributed by atoms with Gasteiger partial charge in [-0.05, 0) is 17.5 Å². The third kappa shape index (κ3) is 1.47. The van der Waals surface area contributed by atoms with Crippen LogP contribution < -0.4 is 0 Å². The van der Waals surface area contributed by atoms with Crippen LogP contribution in [0.25, 0.3) is 0 Å². The molecule has 1 fully saturated rings. The molecule has 1 aliphatic rings. The van der Waals surface area contributed by atoms with E-state index in [4.69, 9.17) is 4.74 Å². The van der Waals surface area contributed by atoms with Gasteiger partial charge in [0.2, 0.25) is 0 Å². The van der Waals surface area contributed by atoms with Crippen LogP contribution in [0.3, 0.4) is 0 Å². The average Bonchev–Trinajstić information content (AvgIpc) is 2.14. The standard InChI is InChI=1S/C11H14O2/c1-2-9-3-5-10(6-4-9)11(12)7-13-8-11/h3-6,12H,2,7-8H2,1H3. The summed E-state index contributed by atoms with van der Waals surface area (Å²) in [7, 11) is 0. The van der Waals surface area contributed by atoms with Gasteiger partial charge in [-0.3, -0.25) is 0 Å². The molecule has 2 rings (SSSR count). The van der Waals surface area contributed by atoms with Crippen LogP contribution in [0.5, 0.6) is 0 Å². The molecule has 1 aromatic carbocycles. The van der Waals surface area contributed by atoms with Gasteiger partial charge in [-0.25, -0.2) is 0 Å². The van der Waals surface area contributed by atoms with Gasteiger partial charge in [0, 0.05) is 0 Å². The first-order valence-electron chi connectivity index (χ1n) is 4.64. The third-order valence-electron chi connectivity index (χ3n) is 2.58. The molecule has 1 aliphatic heterocycles. The van der Waals surface area contributed by atoms with E-state index < -0.39 is 5.60 Å². The van der Waals surface area contributed by atoms with E-state index in [-0.39, 0.29) is 0 Å². The molecule has 0 aliphatic carbocycles. The summed E-state index contributed by atoms with van der Waals surface area (Å²) in [6.07, 6.45) is 1.04. The maximum Gasteiger partial charge on any atom is 0.136 e. The zero-order valence-electron chi connectivity index (χ0n) is 7.79. The minimum Gasteiger partial charge on any atom is -0.380 e. The van der Waals surface area contributed by atoms with E-state index in [2.05, 4.69) is 19.1 Å². The maximum atomic E-state index is 9.92. The highest BCUT2D eigenvalue weighted by molar-refractivity contribution is 5.28. The summed E-state index contributed by atoms with van der Waals surface area (Å²) in [6.45, 7) is 2.98. The molecule has 0 amide bonds. The molecule has 0 spiro atoms. The molecule has 1 aromatic rings. The highest BCUT2D eigenvalue weighted by Gasteiger charge is 2.37. The van der Waals surface area contributed by atoms with Crippen molar-refractivity contribution >= 4 is 0 Å². The van der Waals surface area contributed by atoms with Crippen molar-refractivity contribution < 1.29 is 9.84 Å². The first-order valence-corrected chi connectivity index (χ1v) is 4.64. The largest absolute Gasteiger partial charge is 0.380 e. The van der Waals surface area contributed by atoms with Crippen molar-refractivity contribution in [2.45, 2.75) is 18.9 Å². The number of hydrogen-bond donors (Lipinski definition) is 1. The van der Waals surface area contributed by atoms with Gasteiger partial charge in [-0.15, -0.1) is 0 Å². The minimum atomic E-state index is -0.716. The van der Waals surface area contributed by atoms with Crippen LogP contribution in [0, 0.1) is 0 Å². The second-order valence-electron chi connectivity index (χ2n) is 3.57. The van der Waals surface area contributed by atoms with Gasteiger partial charge >= 0.3 is 0 Å². The van der Waals surface area contributed by atoms with E-state index in [1.165, 1.54) is 5.56 Å². The lowest BCUT2D eigenvalue weighted by Crippen LogP contribution is -2.46. The zero-order valence-corrected chi connectivity index (χ0v) is 7.79. The summed E-state index contributed by atoms with van der Waals surface area (Å²) in [6, 6.07) is 8.10. The van der Waals surface area contributed by atoms with Crippen molar-refractivity contribution in [1.82, 2.24) is 0 Å². The minimum absolute atomic E-state index is 0.429. The molecular formula is C11H14O2. The number of hydrogen-bond acceptors (Lipinski definition) is 2. The summed E-state index contributed by atoms with van der Waals surface area (Å²) < 4.78 is 5.00. The summed E-state index contributed by atoms with van der Waals surface area (Å²) in [5.41, 5.74) is 1.55. The van der Waals surface area contributed by atoms with Gasteiger partial charge in [0.15, 0.2) is 0 Å². The van der Waals surface area contributed by atoms with E-state index in [1.54, 1.807) is 0 Å². The molecule has 1 saturated heterocycles. The topological polar surface area (TPSA) is 29.5 Å². The molecule has 13 heavy (non-hydrogen) atoms. The number of benzene rings is 1. The second kappa shape index (κ2) is 3.13. The summed E-state index contributed by atoms with van der Waals surface area (Å²) in [5.74, 6) is 0. The smallest absolute Gasteiger partial charge is 0.136 e. The van der Waals surface area contributed by atoms with Crippen LogP contribution in [-0.2, 0) is 16.8 Å². The van der Waals surface area contributed by atoms with Crippen LogP contribution in [-0.4, -0.2) is 18.3 Å². The number of aryl methyl sites for hydroxylation is 1. The fraction of sp³-hybridized carbons (Fsp3) is 0.455. The first-order chi connectivity index (χ1) is 6.24. The van der Waals surface area contributed by atoms with E-state index in [0.717, 1.165) is 12.0 Å². The first kappa shape index (κ1) is 8.73. The van der Waals surface area contributed by atoms with Gasteiger partial charge in [0.05, 0.1) is 13.2 Å². The molecule has 70 valence electrons. The van der Waals surface area contributed by atoms with Gasteiger partial charge in [-0.2, -0.15) is 0 Å². The van der Waals surface area contributed by atoms with E-state index in [0.29, 0.717) is 13.2 Å². The van der Waals surface area contributed by atoms with Crippen molar-refractivity contribution in [2.75, 3.05) is 13.2 Å². The van der Waals surface area contributed by atoms with Gasteiger partial charge in [0.25, 0.3) is 0 Å². The molecule has 0 aromatic heterocycles. The molecule has 0 atom stereocenters. The Bertz CT molecular complexity index is 285. The second-order valence-corrected chi connectivity index (χ2v) is 3.57. The van der Waals surface area contributed by atoms with Crippen molar-refractivity contribution in [2.24, 2.45) is 0 Å². The lowest BCUT2D eigenvalue weighted by molar-refractivity contribution is -0.184. The summed E-state index contributed by atoms with van der Waals surface area (Å²) in [4.78, 5) is 0. The fourth-order valence-corrected chi connectivity index (χ4v) is 1.51. The monoisotopic (exact) mass is 178 g/mol. The van der Waals surface area contributed by atoms with Crippen LogP contribution >= 0.6 is 0 Å². The van der Waals surface area contributed by atoms with Crippen LogP contribution in [0.1, 0.15) is 18.1 Å². The Morgan fingerprint density at radius 3 is 2.31 bits per heavy atom. The fourth-order valence-electron chi connectivity index (χ4n) is 1.51. The molecular weight excluding hydrogens is 164 g/mol. The molecule has 1 heterocycles. The number of rotatable bonds is 2. The highest BCUT2D eigenvalue weighted by Crippen LogP contribution is 2.29. The zero-order chi connectivity index (χ0) is 9.31. The molecule has 2 heteroatoms. The van der Waals surface area contributed by atoms with E-state index >= 15 is 0 Å². The highest BCUT2D eigenvalue weighted by atomic mass is 16.5. The van der Waals surface area contributed by atoms with Crippen LogP contribution in [0.4, 0.5) is 0 Å². The third-order valence-corrected chi connectivity index (χ3v) is 2.58.